The molecule has 5 heteroatoms. The van der Waals surface area contributed by atoms with E-state index in [0.717, 1.165) is 38.2 Å². The van der Waals surface area contributed by atoms with Gasteiger partial charge in [0.15, 0.2) is 0 Å². The van der Waals surface area contributed by atoms with Gasteiger partial charge in [0.2, 0.25) is 0 Å². The monoisotopic (exact) mass is 356 g/mol. The molecule has 1 aliphatic heterocycles. The second kappa shape index (κ2) is 7.89. The molecule has 2 saturated carbocycles. The van der Waals surface area contributed by atoms with E-state index in [4.69, 9.17) is 4.74 Å². The lowest BCUT2D eigenvalue weighted by Crippen LogP contribution is -2.50. The summed E-state index contributed by atoms with van der Waals surface area (Å²) in [6, 6.07) is 10.1. The molecule has 0 radical (unpaired) electrons. The summed E-state index contributed by atoms with van der Waals surface area (Å²) in [6.07, 6.45) is 4.80. The quantitative estimate of drug-likeness (QED) is 0.793. The van der Waals surface area contributed by atoms with Crippen LogP contribution in [-0.4, -0.2) is 42.5 Å². The number of rotatable bonds is 6. The number of piperidine rings is 1. The number of ether oxygens (including phenoxy) is 1. The highest BCUT2D eigenvalue weighted by molar-refractivity contribution is 5.79. The van der Waals surface area contributed by atoms with E-state index in [1.165, 1.54) is 6.42 Å². The van der Waals surface area contributed by atoms with E-state index in [9.17, 15) is 9.59 Å². The predicted molar refractivity (Wildman–Crippen MR) is 98.2 cm³/mol. The summed E-state index contributed by atoms with van der Waals surface area (Å²) in [5, 5.41) is 3.64. The minimum absolute atomic E-state index is 0.0242. The van der Waals surface area contributed by atoms with Crippen molar-refractivity contribution in [1.82, 2.24) is 10.2 Å². The summed E-state index contributed by atoms with van der Waals surface area (Å²) in [7, 11) is 0. The number of carbonyl (C=O) groups is 2. The van der Waals surface area contributed by atoms with Crippen LogP contribution in [0.2, 0.25) is 0 Å². The van der Waals surface area contributed by atoms with E-state index in [2.05, 4.69) is 10.2 Å². The first-order chi connectivity index (χ1) is 12.7. The van der Waals surface area contributed by atoms with Gasteiger partial charge in [0.05, 0.1) is 5.92 Å². The van der Waals surface area contributed by atoms with Gasteiger partial charge in [0.25, 0.3) is 0 Å². The maximum atomic E-state index is 12.8. The standard InChI is InChI=1S/C21H28N2O3/c24-18-8-10-23(11-9-18)14-22-20-17-7-6-16(12-17)19(20)21(25)26-13-15-4-2-1-3-5-15/h1-5,16-17,19-20,22H,6-14H2/t16-,17-,19-,20+/m0/s1. The Morgan fingerprint density at radius 2 is 1.85 bits per heavy atom. The van der Waals surface area contributed by atoms with Gasteiger partial charge in [-0.1, -0.05) is 30.3 Å². The van der Waals surface area contributed by atoms with Crippen LogP contribution in [-0.2, 0) is 20.9 Å². The zero-order valence-corrected chi connectivity index (χ0v) is 15.2. The number of esters is 1. The third-order valence-corrected chi connectivity index (χ3v) is 6.38. The Bertz CT molecular complexity index is 638. The Morgan fingerprint density at radius 1 is 1.12 bits per heavy atom. The highest BCUT2D eigenvalue weighted by Crippen LogP contribution is 2.49. The van der Waals surface area contributed by atoms with Gasteiger partial charge in [-0.25, -0.2) is 0 Å². The summed E-state index contributed by atoms with van der Waals surface area (Å²) in [6.45, 7) is 2.78. The molecule has 3 aliphatic rings. The van der Waals surface area contributed by atoms with Crippen LogP contribution in [0.4, 0.5) is 0 Å². The Kier molecular flexibility index (Phi) is 5.36. The number of ketones is 1. The Morgan fingerprint density at radius 3 is 2.62 bits per heavy atom. The lowest BCUT2D eigenvalue weighted by Gasteiger charge is -2.33. The van der Waals surface area contributed by atoms with Crippen LogP contribution in [0.5, 0.6) is 0 Å². The van der Waals surface area contributed by atoms with Crippen molar-refractivity contribution in [2.24, 2.45) is 17.8 Å². The summed E-state index contributed by atoms with van der Waals surface area (Å²) in [5.74, 6) is 1.34. The minimum Gasteiger partial charge on any atom is -0.461 e. The van der Waals surface area contributed by atoms with Crippen molar-refractivity contribution in [2.45, 2.75) is 44.8 Å². The van der Waals surface area contributed by atoms with Gasteiger partial charge in [-0.15, -0.1) is 0 Å². The number of nitrogens with zero attached hydrogens (tertiary/aromatic N) is 1. The van der Waals surface area contributed by atoms with Crippen molar-refractivity contribution in [1.29, 1.82) is 0 Å². The number of likely N-dealkylation sites (tertiary alicyclic amines) is 1. The molecule has 0 aromatic heterocycles. The third kappa shape index (κ3) is 3.84. The van der Waals surface area contributed by atoms with E-state index in [1.54, 1.807) is 0 Å². The van der Waals surface area contributed by atoms with Crippen LogP contribution >= 0.6 is 0 Å². The number of benzene rings is 1. The zero-order valence-electron chi connectivity index (χ0n) is 15.2. The average Bonchev–Trinajstić information content (AvgIpc) is 3.28. The van der Waals surface area contributed by atoms with Crippen molar-refractivity contribution < 1.29 is 14.3 Å². The lowest BCUT2D eigenvalue weighted by atomic mass is 9.84. The molecule has 5 nitrogen and oxygen atoms in total. The highest BCUT2D eigenvalue weighted by atomic mass is 16.5. The van der Waals surface area contributed by atoms with Crippen LogP contribution in [0, 0.1) is 17.8 Å². The van der Waals surface area contributed by atoms with Gasteiger partial charge in [0, 0.05) is 38.6 Å². The molecule has 26 heavy (non-hydrogen) atoms. The lowest BCUT2D eigenvalue weighted by molar-refractivity contribution is -0.152. The molecular weight excluding hydrogens is 328 g/mol. The van der Waals surface area contributed by atoms with Gasteiger partial charge in [0.1, 0.15) is 12.4 Å². The van der Waals surface area contributed by atoms with Gasteiger partial charge in [-0.05, 0) is 36.7 Å². The average molecular weight is 356 g/mol. The molecule has 0 unspecified atom stereocenters. The van der Waals surface area contributed by atoms with E-state index >= 15 is 0 Å². The Balaban J connectivity index is 1.33. The van der Waals surface area contributed by atoms with Gasteiger partial charge >= 0.3 is 5.97 Å². The van der Waals surface area contributed by atoms with Crippen molar-refractivity contribution in [2.75, 3.05) is 19.8 Å². The van der Waals surface area contributed by atoms with Crippen LogP contribution in [0.3, 0.4) is 0 Å². The SMILES string of the molecule is O=C1CCN(CN[C@@H]2[C@H]3CC[C@@H](C3)[C@@H]2C(=O)OCc2ccccc2)CC1. The molecule has 1 N–H and O–H groups in total. The molecule has 1 aromatic carbocycles. The molecule has 1 aromatic rings. The highest BCUT2D eigenvalue weighted by Gasteiger charge is 2.51. The number of Topliss-reactive ketones (excluding diaryl/α,β-unsaturated/α-hetero) is 1. The first-order valence-corrected chi connectivity index (χ1v) is 9.88. The van der Waals surface area contributed by atoms with Gasteiger partial charge in [-0.3, -0.25) is 14.5 Å². The van der Waals surface area contributed by atoms with E-state index in [0.29, 0.717) is 37.1 Å². The molecule has 0 spiro atoms. The number of hydrogen-bond donors (Lipinski definition) is 1. The first kappa shape index (κ1) is 17.7. The Labute approximate surface area is 155 Å². The van der Waals surface area contributed by atoms with Crippen molar-refractivity contribution in [3.8, 4) is 0 Å². The number of fused-ring (bicyclic) bond motifs is 2. The summed E-state index contributed by atoms with van der Waals surface area (Å²) >= 11 is 0. The van der Waals surface area contributed by atoms with Gasteiger partial charge < -0.3 is 10.1 Å². The minimum atomic E-state index is -0.0487. The van der Waals surface area contributed by atoms with Crippen LogP contribution in [0.25, 0.3) is 0 Å². The smallest absolute Gasteiger partial charge is 0.311 e. The second-order valence-corrected chi connectivity index (χ2v) is 8.00. The maximum Gasteiger partial charge on any atom is 0.311 e. The molecule has 140 valence electrons. The molecule has 3 fully saturated rings. The normalized spacial score (nSPS) is 31.3. The fourth-order valence-electron chi connectivity index (χ4n) is 4.94. The Hall–Kier alpha value is -1.72. The molecule has 1 saturated heterocycles. The van der Waals surface area contributed by atoms with Crippen molar-refractivity contribution in [3.05, 3.63) is 35.9 Å². The predicted octanol–water partition coefficient (Wildman–Crippen LogP) is 2.36. The van der Waals surface area contributed by atoms with Crippen LogP contribution in [0.15, 0.2) is 30.3 Å². The van der Waals surface area contributed by atoms with E-state index in [-0.39, 0.29) is 17.9 Å². The topological polar surface area (TPSA) is 58.6 Å². The number of hydrogen-bond acceptors (Lipinski definition) is 5. The third-order valence-electron chi connectivity index (χ3n) is 6.38. The van der Waals surface area contributed by atoms with Gasteiger partial charge in [-0.2, -0.15) is 0 Å². The summed E-state index contributed by atoms with van der Waals surface area (Å²) in [5.41, 5.74) is 1.03. The summed E-state index contributed by atoms with van der Waals surface area (Å²) < 4.78 is 5.66. The van der Waals surface area contributed by atoms with E-state index < -0.39 is 0 Å². The summed E-state index contributed by atoms with van der Waals surface area (Å²) in [4.78, 5) is 26.5. The van der Waals surface area contributed by atoms with Crippen molar-refractivity contribution >= 4 is 11.8 Å². The second-order valence-electron chi connectivity index (χ2n) is 8.00. The molecule has 1 heterocycles. The van der Waals surface area contributed by atoms with Crippen molar-refractivity contribution in [3.63, 3.8) is 0 Å². The molecular formula is C21H28N2O3. The molecule has 4 rings (SSSR count). The maximum absolute atomic E-state index is 12.8. The fourth-order valence-corrected chi connectivity index (χ4v) is 4.94. The molecule has 0 amide bonds. The van der Waals surface area contributed by atoms with Crippen LogP contribution in [0.1, 0.15) is 37.7 Å². The number of nitrogens with one attached hydrogen (secondary N) is 1. The van der Waals surface area contributed by atoms with E-state index in [1.807, 2.05) is 30.3 Å². The molecule has 4 atom stereocenters. The molecule has 2 bridgehead atoms. The van der Waals surface area contributed by atoms with Crippen LogP contribution < -0.4 is 5.32 Å². The first-order valence-electron chi connectivity index (χ1n) is 9.88. The number of carbonyl (C=O) groups excluding carboxylic acids is 2. The fraction of sp³-hybridized carbons (Fsp3) is 0.619. The largest absolute Gasteiger partial charge is 0.461 e. The zero-order chi connectivity index (χ0) is 17.9. The molecule has 2 aliphatic carbocycles.